The molecule has 2 aromatic carbocycles. The molecule has 34 heavy (non-hydrogen) atoms. The summed E-state index contributed by atoms with van der Waals surface area (Å²) in [6.45, 7) is -0.578. The number of amides is 3. The number of rotatable bonds is 5. The van der Waals surface area contributed by atoms with Crippen molar-refractivity contribution in [3.8, 4) is 0 Å². The molecule has 0 aromatic heterocycles. The average molecular weight is 544 g/mol. The van der Waals surface area contributed by atoms with Crippen LogP contribution >= 0.6 is 46.4 Å². The highest BCUT2D eigenvalue weighted by molar-refractivity contribution is 6.35. The lowest BCUT2D eigenvalue weighted by atomic mass is 9.80. The summed E-state index contributed by atoms with van der Waals surface area (Å²) in [6, 6.07) is 10.5. The maximum absolute atomic E-state index is 12.9. The highest BCUT2D eigenvalue weighted by atomic mass is 35.5. The van der Waals surface area contributed by atoms with E-state index in [2.05, 4.69) is 5.32 Å². The number of nitrogens with one attached hydrogen (secondary N) is 1. The molecule has 7 nitrogen and oxygen atoms in total. The van der Waals surface area contributed by atoms with Gasteiger partial charge in [0.2, 0.25) is 11.8 Å². The van der Waals surface area contributed by atoms with Crippen molar-refractivity contribution in [1.82, 2.24) is 0 Å². The highest BCUT2D eigenvalue weighted by Crippen LogP contribution is 2.43. The lowest BCUT2D eigenvalue weighted by Crippen LogP contribution is -2.34. The van der Waals surface area contributed by atoms with Crippen molar-refractivity contribution in [3.63, 3.8) is 0 Å². The van der Waals surface area contributed by atoms with Gasteiger partial charge in [-0.3, -0.25) is 19.3 Å². The van der Waals surface area contributed by atoms with Crippen molar-refractivity contribution >= 4 is 81.5 Å². The molecule has 0 unspecified atom stereocenters. The Bertz CT molecular complexity index is 1150. The second kappa shape index (κ2) is 10.1. The third-order valence-corrected chi connectivity index (χ3v) is 7.45. The van der Waals surface area contributed by atoms with Crippen LogP contribution in [0.4, 0.5) is 11.4 Å². The van der Waals surface area contributed by atoms with Gasteiger partial charge < -0.3 is 10.1 Å². The highest BCUT2D eigenvalue weighted by Gasteiger charge is 2.52. The number of hydrogen-bond donors (Lipinski definition) is 1. The van der Waals surface area contributed by atoms with Crippen LogP contribution in [0.25, 0.3) is 0 Å². The molecule has 3 amide bonds. The molecule has 11 heteroatoms. The number of nitrogens with zero attached hydrogens (tertiary/aromatic N) is 1. The van der Waals surface area contributed by atoms with Crippen molar-refractivity contribution in [1.29, 1.82) is 0 Å². The number of benzene rings is 2. The lowest BCUT2D eigenvalue weighted by molar-refractivity contribution is -0.122. The number of carbonyl (C=O) groups is 4. The van der Waals surface area contributed by atoms with E-state index in [1.807, 2.05) is 0 Å². The summed E-state index contributed by atoms with van der Waals surface area (Å²) < 4.78 is 5.08. The number of ether oxygens (including phenoxy) is 1. The first-order valence-electron chi connectivity index (χ1n) is 10.3. The van der Waals surface area contributed by atoms with Gasteiger partial charge in [-0.2, -0.15) is 0 Å². The molecule has 4 rings (SSSR count). The van der Waals surface area contributed by atoms with Gasteiger partial charge in [0.1, 0.15) is 0 Å². The molecule has 1 saturated heterocycles. The van der Waals surface area contributed by atoms with Crippen LogP contribution in [0, 0.1) is 11.8 Å². The maximum atomic E-state index is 12.9. The molecule has 0 bridgehead atoms. The number of esters is 1. The Morgan fingerprint density at radius 3 is 2.26 bits per heavy atom. The van der Waals surface area contributed by atoms with Crippen molar-refractivity contribution in [3.05, 3.63) is 58.1 Å². The Hall–Kier alpha value is -2.32. The first-order chi connectivity index (χ1) is 16.2. The maximum Gasteiger partial charge on any atom is 0.338 e. The molecule has 2 fully saturated rings. The fourth-order valence-electron chi connectivity index (χ4n) is 4.12. The Morgan fingerprint density at radius 1 is 0.971 bits per heavy atom. The molecule has 1 aliphatic carbocycles. The minimum Gasteiger partial charge on any atom is -0.452 e. The van der Waals surface area contributed by atoms with Crippen LogP contribution < -0.4 is 10.2 Å². The van der Waals surface area contributed by atoms with Crippen LogP contribution in [0.15, 0.2) is 42.5 Å². The zero-order valence-electron chi connectivity index (χ0n) is 17.5. The molecule has 0 spiro atoms. The number of carbonyl (C=O) groups excluding carboxylic acids is 4. The van der Waals surface area contributed by atoms with E-state index in [0.29, 0.717) is 17.9 Å². The molecule has 4 atom stereocenters. The van der Waals surface area contributed by atoms with Crippen LogP contribution in [0.1, 0.15) is 23.2 Å². The van der Waals surface area contributed by atoms with E-state index >= 15 is 0 Å². The molecule has 1 aliphatic heterocycles. The number of halogens is 4. The molecule has 1 heterocycles. The SMILES string of the molecule is O=C(COC(=O)c1cccc(N2C(=O)[C@@H]3C[C@H](Cl)[C@@H](Cl)C[C@H]3C2=O)c1)Nc1cc(Cl)ccc1Cl. The van der Waals surface area contributed by atoms with E-state index in [1.165, 1.54) is 30.3 Å². The molecule has 1 saturated carbocycles. The summed E-state index contributed by atoms with van der Waals surface area (Å²) >= 11 is 24.3. The second-order valence-electron chi connectivity index (χ2n) is 8.03. The minimum absolute atomic E-state index is 0.0759. The van der Waals surface area contributed by atoms with Crippen molar-refractivity contribution in [2.45, 2.75) is 23.6 Å². The van der Waals surface area contributed by atoms with Gasteiger partial charge >= 0.3 is 5.97 Å². The van der Waals surface area contributed by atoms with E-state index in [4.69, 9.17) is 51.1 Å². The van der Waals surface area contributed by atoms with E-state index < -0.39 is 41.1 Å². The molecule has 1 N–H and O–H groups in total. The number of imide groups is 1. The first kappa shape index (κ1) is 24.8. The van der Waals surface area contributed by atoms with Crippen molar-refractivity contribution in [2.24, 2.45) is 11.8 Å². The van der Waals surface area contributed by atoms with Crippen LogP contribution in [0.2, 0.25) is 10.0 Å². The summed E-state index contributed by atoms with van der Waals surface area (Å²) in [6.07, 6.45) is 0.629. The number of fused-ring (bicyclic) bond motifs is 1. The Balaban J connectivity index is 1.42. The molecule has 2 aromatic rings. The smallest absolute Gasteiger partial charge is 0.338 e. The van der Waals surface area contributed by atoms with Gasteiger partial charge in [0.25, 0.3) is 5.91 Å². The monoisotopic (exact) mass is 542 g/mol. The van der Waals surface area contributed by atoms with Gasteiger partial charge in [0, 0.05) is 5.02 Å². The molecular formula is C23H18Cl4N2O5. The predicted octanol–water partition coefficient (Wildman–Crippen LogP) is 4.90. The Kier molecular flexibility index (Phi) is 7.38. The fourth-order valence-corrected chi connectivity index (χ4v) is 5.04. The van der Waals surface area contributed by atoms with Crippen LogP contribution in [0.5, 0.6) is 0 Å². The standard InChI is InChI=1S/C23H18Cl4N2O5/c24-12-4-5-16(25)19(7-12)28-20(30)10-34-23(33)11-2-1-3-13(6-11)29-21(31)14-8-17(26)18(27)9-15(14)22(29)32/h1-7,14-15,17-18H,8-10H2,(H,28,30)/t14-,15-,17+,18+/m1/s1. The third kappa shape index (κ3) is 5.03. The summed E-state index contributed by atoms with van der Waals surface area (Å²) in [5.74, 6) is -3.23. The van der Waals surface area contributed by atoms with E-state index in [0.717, 1.165) is 4.90 Å². The van der Waals surface area contributed by atoms with E-state index in [1.54, 1.807) is 12.1 Å². The third-order valence-electron chi connectivity index (χ3n) is 5.79. The van der Waals surface area contributed by atoms with Gasteiger partial charge in [-0.1, -0.05) is 29.3 Å². The number of hydrogen-bond acceptors (Lipinski definition) is 5. The van der Waals surface area contributed by atoms with E-state index in [-0.39, 0.29) is 33.8 Å². The van der Waals surface area contributed by atoms with Crippen molar-refractivity contribution in [2.75, 3.05) is 16.8 Å². The second-order valence-corrected chi connectivity index (χ2v) is 9.99. The molecule has 178 valence electrons. The van der Waals surface area contributed by atoms with Gasteiger partial charge in [0.15, 0.2) is 6.61 Å². The van der Waals surface area contributed by atoms with Gasteiger partial charge in [-0.15, -0.1) is 23.2 Å². The largest absolute Gasteiger partial charge is 0.452 e. The van der Waals surface area contributed by atoms with Crippen LogP contribution in [-0.4, -0.2) is 41.1 Å². The van der Waals surface area contributed by atoms with Gasteiger partial charge in [-0.05, 0) is 49.2 Å². The minimum atomic E-state index is -0.799. The summed E-state index contributed by atoms with van der Waals surface area (Å²) in [4.78, 5) is 51.6. The van der Waals surface area contributed by atoms with Crippen LogP contribution in [0.3, 0.4) is 0 Å². The van der Waals surface area contributed by atoms with Gasteiger partial charge in [-0.25, -0.2) is 4.79 Å². The fraction of sp³-hybridized carbons (Fsp3) is 0.304. The Morgan fingerprint density at radius 2 is 1.62 bits per heavy atom. The molecular weight excluding hydrogens is 526 g/mol. The zero-order chi connectivity index (χ0) is 24.6. The first-order valence-corrected chi connectivity index (χ1v) is 12.0. The summed E-state index contributed by atoms with van der Waals surface area (Å²) in [7, 11) is 0. The summed E-state index contributed by atoms with van der Waals surface area (Å²) in [5.41, 5.74) is 0.598. The number of alkyl halides is 2. The topological polar surface area (TPSA) is 92.8 Å². The lowest BCUT2D eigenvalue weighted by Gasteiger charge is -2.28. The quantitative estimate of drug-likeness (QED) is 0.329. The van der Waals surface area contributed by atoms with E-state index in [9.17, 15) is 19.2 Å². The van der Waals surface area contributed by atoms with Crippen molar-refractivity contribution < 1.29 is 23.9 Å². The molecule has 0 radical (unpaired) electrons. The predicted molar refractivity (Wildman–Crippen MR) is 130 cm³/mol. The average Bonchev–Trinajstić information content (AvgIpc) is 3.04. The zero-order valence-corrected chi connectivity index (χ0v) is 20.5. The Labute approximate surface area is 215 Å². The van der Waals surface area contributed by atoms with Gasteiger partial charge in [0.05, 0.1) is 44.6 Å². The summed E-state index contributed by atoms with van der Waals surface area (Å²) in [5, 5.41) is 2.37. The van der Waals surface area contributed by atoms with Crippen LogP contribution in [-0.2, 0) is 19.1 Å². The number of anilines is 2. The normalized spacial score (nSPS) is 24.1. The molecule has 2 aliphatic rings.